The van der Waals surface area contributed by atoms with Crippen molar-refractivity contribution in [2.75, 3.05) is 18.1 Å². The first kappa shape index (κ1) is 19.1. The summed E-state index contributed by atoms with van der Waals surface area (Å²) in [5.74, 6) is -1.13. The molecule has 0 radical (unpaired) electrons. The van der Waals surface area contributed by atoms with Crippen LogP contribution in [-0.4, -0.2) is 44.3 Å². The summed E-state index contributed by atoms with van der Waals surface area (Å²) in [6, 6.07) is 18.4. The zero-order valence-electron chi connectivity index (χ0n) is 14.8. The minimum atomic E-state index is -3.06. The number of hydrogen-bond donors (Lipinski definition) is 2. The summed E-state index contributed by atoms with van der Waals surface area (Å²) in [4.78, 5) is 24.9. The van der Waals surface area contributed by atoms with Crippen LogP contribution in [0.2, 0.25) is 0 Å². The Hall–Kier alpha value is -2.67. The van der Waals surface area contributed by atoms with E-state index < -0.39 is 15.8 Å². The lowest BCUT2D eigenvalue weighted by Crippen LogP contribution is -2.43. The largest absolute Gasteiger partial charge is 0.351 e. The predicted molar refractivity (Wildman–Crippen MR) is 103 cm³/mol. The van der Waals surface area contributed by atoms with Crippen molar-refractivity contribution in [2.24, 2.45) is 0 Å². The zero-order chi connectivity index (χ0) is 19.3. The third kappa shape index (κ3) is 5.17. The van der Waals surface area contributed by atoms with Gasteiger partial charge >= 0.3 is 0 Å². The number of carbonyl (C=O) groups is 2. The van der Waals surface area contributed by atoms with Gasteiger partial charge in [-0.2, -0.15) is 0 Å². The topological polar surface area (TPSA) is 92.3 Å². The number of hydrogen-bond acceptors (Lipinski definition) is 4. The summed E-state index contributed by atoms with van der Waals surface area (Å²) in [7, 11) is -3.06. The highest BCUT2D eigenvalue weighted by molar-refractivity contribution is 7.91. The van der Waals surface area contributed by atoms with Gasteiger partial charge in [0.25, 0.3) is 0 Å². The fourth-order valence-electron chi connectivity index (χ4n) is 3.24. The molecule has 0 aromatic heterocycles. The molecule has 1 aliphatic rings. The average molecular weight is 386 g/mol. The molecule has 0 spiro atoms. The summed E-state index contributed by atoms with van der Waals surface area (Å²) < 4.78 is 22.9. The Labute approximate surface area is 158 Å². The van der Waals surface area contributed by atoms with E-state index in [1.807, 2.05) is 60.7 Å². The average Bonchev–Trinajstić information content (AvgIpc) is 3.00. The first-order chi connectivity index (χ1) is 12.9. The van der Waals surface area contributed by atoms with E-state index in [0.29, 0.717) is 6.42 Å². The van der Waals surface area contributed by atoms with Crippen molar-refractivity contribution in [1.29, 1.82) is 0 Å². The molecule has 1 heterocycles. The molecule has 2 amide bonds. The molecule has 3 rings (SSSR count). The van der Waals surface area contributed by atoms with Crippen molar-refractivity contribution < 1.29 is 18.0 Å². The molecule has 1 saturated heterocycles. The molecule has 7 heteroatoms. The fourth-order valence-corrected chi connectivity index (χ4v) is 4.92. The van der Waals surface area contributed by atoms with Crippen molar-refractivity contribution >= 4 is 21.7 Å². The van der Waals surface area contributed by atoms with Crippen molar-refractivity contribution in [1.82, 2.24) is 10.6 Å². The molecule has 6 nitrogen and oxygen atoms in total. The Morgan fingerprint density at radius 2 is 1.52 bits per heavy atom. The molecule has 1 unspecified atom stereocenters. The van der Waals surface area contributed by atoms with Crippen LogP contribution < -0.4 is 10.6 Å². The summed E-state index contributed by atoms with van der Waals surface area (Å²) in [5.41, 5.74) is 1.67. The minimum Gasteiger partial charge on any atom is -0.351 e. The van der Waals surface area contributed by atoms with E-state index in [4.69, 9.17) is 0 Å². The summed E-state index contributed by atoms with van der Waals surface area (Å²) >= 11 is 0. The van der Waals surface area contributed by atoms with Crippen molar-refractivity contribution in [3.63, 3.8) is 0 Å². The lowest BCUT2D eigenvalue weighted by atomic mass is 9.90. The van der Waals surface area contributed by atoms with Gasteiger partial charge in [0.05, 0.1) is 24.0 Å². The van der Waals surface area contributed by atoms with Crippen LogP contribution in [0.3, 0.4) is 0 Å². The maximum absolute atomic E-state index is 12.8. The number of sulfone groups is 1. The fraction of sp³-hybridized carbons (Fsp3) is 0.300. The van der Waals surface area contributed by atoms with E-state index in [9.17, 15) is 18.0 Å². The van der Waals surface area contributed by atoms with Gasteiger partial charge in [-0.1, -0.05) is 60.7 Å². The van der Waals surface area contributed by atoms with Gasteiger partial charge in [-0.25, -0.2) is 8.42 Å². The molecule has 1 atom stereocenters. The molecule has 0 bridgehead atoms. The van der Waals surface area contributed by atoms with E-state index in [2.05, 4.69) is 10.6 Å². The highest BCUT2D eigenvalue weighted by Gasteiger charge is 2.29. The van der Waals surface area contributed by atoms with Crippen LogP contribution in [0.15, 0.2) is 60.7 Å². The highest BCUT2D eigenvalue weighted by atomic mass is 32.2. The Kier molecular flexibility index (Phi) is 5.91. The van der Waals surface area contributed by atoms with Gasteiger partial charge in [0.1, 0.15) is 0 Å². The standard InChI is InChI=1S/C20H22N2O4S/c23-18(22-17-11-12-27(25,26)14-17)13-21-20(24)19(15-7-3-1-4-8-15)16-9-5-2-6-10-16/h1-10,17,19H,11-14H2,(H,21,24)(H,22,23). The molecule has 1 aliphatic heterocycles. The number of carbonyl (C=O) groups excluding carboxylic acids is 2. The van der Waals surface area contributed by atoms with Gasteiger partial charge in [-0.05, 0) is 17.5 Å². The van der Waals surface area contributed by atoms with Crippen LogP contribution in [0.25, 0.3) is 0 Å². The Bertz CT molecular complexity index is 859. The van der Waals surface area contributed by atoms with Crippen LogP contribution in [0.5, 0.6) is 0 Å². The lowest BCUT2D eigenvalue weighted by molar-refractivity contribution is -0.126. The summed E-state index contributed by atoms with van der Waals surface area (Å²) in [5, 5.41) is 5.35. The number of rotatable bonds is 6. The third-order valence-corrected chi connectivity index (χ3v) is 6.32. The van der Waals surface area contributed by atoms with Crippen LogP contribution in [-0.2, 0) is 19.4 Å². The quantitative estimate of drug-likeness (QED) is 0.781. The van der Waals surface area contributed by atoms with E-state index in [0.717, 1.165) is 11.1 Å². The smallest absolute Gasteiger partial charge is 0.239 e. The van der Waals surface area contributed by atoms with Crippen molar-refractivity contribution in [3.05, 3.63) is 71.8 Å². The predicted octanol–water partition coefficient (Wildman–Crippen LogP) is 1.24. The first-order valence-corrected chi connectivity index (χ1v) is 10.6. The van der Waals surface area contributed by atoms with Crippen LogP contribution >= 0.6 is 0 Å². The van der Waals surface area contributed by atoms with Crippen LogP contribution in [0.4, 0.5) is 0 Å². The molecule has 2 N–H and O–H groups in total. The molecular formula is C20H22N2O4S. The summed E-state index contributed by atoms with van der Waals surface area (Å²) in [6.45, 7) is -0.189. The van der Waals surface area contributed by atoms with Crippen LogP contribution in [0, 0.1) is 0 Å². The zero-order valence-corrected chi connectivity index (χ0v) is 15.6. The molecule has 0 saturated carbocycles. The summed E-state index contributed by atoms with van der Waals surface area (Å²) in [6.07, 6.45) is 0.415. The highest BCUT2D eigenvalue weighted by Crippen LogP contribution is 2.24. The molecule has 27 heavy (non-hydrogen) atoms. The van der Waals surface area contributed by atoms with Crippen LogP contribution in [0.1, 0.15) is 23.5 Å². The number of nitrogens with one attached hydrogen (secondary N) is 2. The van der Waals surface area contributed by atoms with Gasteiger partial charge in [0, 0.05) is 6.04 Å². The van der Waals surface area contributed by atoms with Gasteiger partial charge < -0.3 is 10.6 Å². The number of amides is 2. The van der Waals surface area contributed by atoms with Gasteiger partial charge in [-0.3, -0.25) is 9.59 Å². The maximum Gasteiger partial charge on any atom is 0.239 e. The second-order valence-electron chi connectivity index (χ2n) is 6.64. The Morgan fingerprint density at radius 1 is 0.963 bits per heavy atom. The Morgan fingerprint density at radius 3 is 2.00 bits per heavy atom. The van der Waals surface area contributed by atoms with Gasteiger partial charge in [0.15, 0.2) is 9.84 Å². The van der Waals surface area contributed by atoms with Crippen molar-refractivity contribution in [2.45, 2.75) is 18.4 Å². The van der Waals surface area contributed by atoms with E-state index in [-0.39, 0.29) is 35.9 Å². The maximum atomic E-state index is 12.8. The number of benzene rings is 2. The molecule has 142 valence electrons. The lowest BCUT2D eigenvalue weighted by Gasteiger charge is -2.18. The normalized spacial score (nSPS) is 18.2. The SMILES string of the molecule is O=C(CNC(=O)C(c1ccccc1)c1ccccc1)NC1CCS(=O)(=O)C1. The minimum absolute atomic E-state index is 0.0384. The molecular weight excluding hydrogens is 364 g/mol. The second-order valence-corrected chi connectivity index (χ2v) is 8.87. The molecule has 2 aromatic rings. The Balaban J connectivity index is 1.64. The van der Waals surface area contributed by atoms with E-state index in [1.54, 1.807) is 0 Å². The second kappa shape index (κ2) is 8.35. The van der Waals surface area contributed by atoms with Gasteiger partial charge in [0.2, 0.25) is 11.8 Å². The molecule has 1 fully saturated rings. The molecule has 2 aromatic carbocycles. The van der Waals surface area contributed by atoms with E-state index >= 15 is 0 Å². The molecule has 0 aliphatic carbocycles. The third-order valence-electron chi connectivity index (χ3n) is 4.55. The van der Waals surface area contributed by atoms with E-state index in [1.165, 1.54) is 0 Å². The van der Waals surface area contributed by atoms with Crippen molar-refractivity contribution in [3.8, 4) is 0 Å². The monoisotopic (exact) mass is 386 g/mol. The first-order valence-electron chi connectivity index (χ1n) is 8.82. The van der Waals surface area contributed by atoms with Gasteiger partial charge in [-0.15, -0.1) is 0 Å².